The van der Waals surface area contributed by atoms with Crippen molar-refractivity contribution in [2.24, 2.45) is 0 Å². The summed E-state index contributed by atoms with van der Waals surface area (Å²) in [4.78, 5) is 17.1. The van der Waals surface area contributed by atoms with Gasteiger partial charge in [0.05, 0.1) is 22.9 Å². The highest BCUT2D eigenvalue weighted by Crippen LogP contribution is 2.35. The van der Waals surface area contributed by atoms with Crippen molar-refractivity contribution in [1.29, 1.82) is 5.26 Å². The Morgan fingerprint density at radius 3 is 2.30 bits per heavy atom. The fraction of sp³-hybridized carbons (Fsp3) is 0.174. The number of hydrogen-bond donors (Lipinski definition) is 0. The van der Waals surface area contributed by atoms with E-state index in [1.165, 1.54) is 12.1 Å². The van der Waals surface area contributed by atoms with Crippen molar-refractivity contribution < 1.29 is 18.0 Å². The molecule has 0 radical (unpaired) electrons. The molecule has 1 aromatic heterocycles. The number of hydrogen-bond acceptors (Lipinski definition) is 3. The molecule has 0 saturated carbocycles. The van der Waals surface area contributed by atoms with Gasteiger partial charge >= 0.3 is 6.18 Å². The zero-order chi connectivity index (χ0) is 21.7. The van der Waals surface area contributed by atoms with E-state index in [4.69, 9.17) is 5.26 Å². The van der Waals surface area contributed by atoms with Crippen LogP contribution in [-0.4, -0.2) is 10.8 Å². The molecule has 2 aromatic carbocycles. The monoisotopic (exact) mass is 472 g/mol. The van der Waals surface area contributed by atoms with Crippen molar-refractivity contribution in [3.05, 3.63) is 99.3 Å². The molecule has 3 rings (SSSR count). The van der Waals surface area contributed by atoms with Crippen molar-refractivity contribution in [2.45, 2.75) is 24.9 Å². The van der Waals surface area contributed by atoms with Crippen LogP contribution in [0.15, 0.2) is 71.3 Å². The Labute approximate surface area is 180 Å². The van der Waals surface area contributed by atoms with E-state index in [0.717, 1.165) is 17.7 Å². The third-order valence-electron chi connectivity index (χ3n) is 4.67. The van der Waals surface area contributed by atoms with Crippen molar-refractivity contribution in [3.8, 4) is 6.07 Å². The van der Waals surface area contributed by atoms with E-state index in [9.17, 15) is 18.0 Å². The number of aromatic nitrogens is 1. The van der Waals surface area contributed by atoms with Crippen molar-refractivity contribution in [2.75, 3.05) is 0 Å². The van der Waals surface area contributed by atoms with E-state index >= 15 is 0 Å². The Morgan fingerprint density at radius 1 is 1.07 bits per heavy atom. The van der Waals surface area contributed by atoms with E-state index < -0.39 is 17.7 Å². The molecule has 0 spiro atoms. The topological polar surface area (TPSA) is 53.8 Å². The maximum absolute atomic E-state index is 12.9. The first-order chi connectivity index (χ1) is 14.3. The summed E-state index contributed by atoms with van der Waals surface area (Å²) in [5, 5.41) is 8.88. The molecule has 1 atom stereocenters. The minimum atomic E-state index is -4.43. The molecular weight excluding hydrogens is 457 g/mol. The lowest BCUT2D eigenvalue weighted by Gasteiger charge is -2.19. The summed E-state index contributed by atoms with van der Waals surface area (Å²) in [5.74, 6) is -0.573. The standard InChI is InChI=1S/C23H16BrF3N2O/c24-21-2-1-11-29-22(21)20(17-7-9-18(10-8-17)23(25,26)27)13-19(30)12-15-3-5-16(14-28)6-4-15/h1-11,20H,12-13H2/t20-/m0/s1. The highest BCUT2D eigenvalue weighted by molar-refractivity contribution is 9.10. The molecule has 0 aliphatic carbocycles. The summed E-state index contributed by atoms with van der Waals surface area (Å²) in [6.45, 7) is 0. The van der Waals surface area contributed by atoms with Crippen LogP contribution >= 0.6 is 15.9 Å². The lowest BCUT2D eigenvalue weighted by molar-refractivity contribution is -0.137. The summed E-state index contributed by atoms with van der Waals surface area (Å²) < 4.78 is 39.4. The number of nitriles is 1. The number of rotatable bonds is 6. The predicted octanol–water partition coefficient (Wildman–Crippen LogP) is 6.07. The second kappa shape index (κ2) is 9.23. The van der Waals surface area contributed by atoms with Crippen LogP contribution in [0.1, 0.15) is 40.3 Å². The number of halogens is 4. The Morgan fingerprint density at radius 2 is 1.73 bits per heavy atom. The van der Waals surface area contributed by atoms with Gasteiger partial charge in [-0.3, -0.25) is 9.78 Å². The van der Waals surface area contributed by atoms with E-state index in [1.807, 2.05) is 6.07 Å². The molecule has 1 heterocycles. The maximum Gasteiger partial charge on any atom is 0.416 e. The zero-order valence-electron chi connectivity index (χ0n) is 15.7. The van der Waals surface area contributed by atoms with E-state index in [2.05, 4.69) is 20.9 Å². The maximum atomic E-state index is 12.9. The largest absolute Gasteiger partial charge is 0.416 e. The number of pyridine rings is 1. The molecule has 0 bridgehead atoms. The summed E-state index contributed by atoms with van der Waals surface area (Å²) in [7, 11) is 0. The van der Waals surface area contributed by atoms with Crippen molar-refractivity contribution in [3.63, 3.8) is 0 Å². The van der Waals surface area contributed by atoms with Crippen LogP contribution in [0.5, 0.6) is 0 Å². The summed E-state index contributed by atoms with van der Waals surface area (Å²) >= 11 is 3.43. The molecule has 7 heteroatoms. The van der Waals surface area contributed by atoms with Crippen LogP contribution in [-0.2, 0) is 17.4 Å². The normalized spacial score (nSPS) is 12.2. The lowest BCUT2D eigenvalue weighted by atomic mass is 9.88. The molecule has 0 amide bonds. The molecule has 30 heavy (non-hydrogen) atoms. The number of nitrogens with zero attached hydrogens (tertiary/aromatic N) is 2. The summed E-state index contributed by atoms with van der Waals surface area (Å²) in [5.41, 5.74) is 1.70. The van der Waals surface area contributed by atoms with Gasteiger partial charge in [0.1, 0.15) is 5.78 Å². The fourth-order valence-corrected chi connectivity index (χ4v) is 3.69. The van der Waals surface area contributed by atoms with Crippen molar-refractivity contribution >= 4 is 21.7 Å². The SMILES string of the molecule is N#Cc1ccc(CC(=O)C[C@@H](c2ccc(C(F)(F)F)cc2)c2ncccc2Br)cc1. The molecule has 0 aliphatic rings. The third-order valence-corrected chi connectivity index (χ3v) is 5.34. The van der Waals surface area contributed by atoms with Gasteiger partial charge in [0.25, 0.3) is 0 Å². The molecule has 3 aromatic rings. The van der Waals surface area contributed by atoms with Gasteiger partial charge in [0.2, 0.25) is 0 Å². The van der Waals surface area contributed by atoms with Crippen LogP contribution in [0.4, 0.5) is 13.2 Å². The second-order valence-electron chi connectivity index (χ2n) is 6.77. The smallest absolute Gasteiger partial charge is 0.299 e. The van der Waals surface area contributed by atoms with Gasteiger partial charge in [-0.25, -0.2) is 0 Å². The van der Waals surface area contributed by atoms with Gasteiger partial charge in [-0.2, -0.15) is 18.4 Å². The highest BCUT2D eigenvalue weighted by atomic mass is 79.9. The van der Waals surface area contributed by atoms with Gasteiger partial charge in [-0.1, -0.05) is 24.3 Å². The Hall–Kier alpha value is -2.98. The van der Waals surface area contributed by atoms with Gasteiger partial charge < -0.3 is 0 Å². The predicted molar refractivity (Wildman–Crippen MR) is 110 cm³/mol. The molecule has 152 valence electrons. The fourth-order valence-electron chi connectivity index (χ4n) is 3.16. The van der Waals surface area contributed by atoms with Crippen LogP contribution in [0, 0.1) is 11.3 Å². The molecule has 0 unspecified atom stereocenters. The third kappa shape index (κ3) is 5.33. The molecule has 3 nitrogen and oxygen atoms in total. The Bertz CT molecular complexity index is 1070. The van der Waals surface area contributed by atoms with Gasteiger partial charge in [-0.05, 0) is 63.5 Å². The van der Waals surface area contributed by atoms with E-state index in [0.29, 0.717) is 21.3 Å². The number of alkyl halides is 3. The lowest BCUT2D eigenvalue weighted by Crippen LogP contribution is -2.13. The second-order valence-corrected chi connectivity index (χ2v) is 7.63. The van der Waals surface area contributed by atoms with Crippen LogP contribution < -0.4 is 0 Å². The number of Topliss-reactive ketones (excluding diaryl/α,β-unsaturated/α-hetero) is 1. The molecule has 0 fully saturated rings. The van der Waals surface area contributed by atoms with Gasteiger partial charge in [0, 0.05) is 29.4 Å². The summed E-state index contributed by atoms with van der Waals surface area (Å²) in [6, 6.07) is 17.1. The number of carbonyl (C=O) groups excluding carboxylic acids is 1. The van der Waals surface area contributed by atoms with Crippen LogP contribution in [0.25, 0.3) is 0 Å². The first kappa shape index (κ1) is 21.7. The van der Waals surface area contributed by atoms with E-state index in [-0.39, 0.29) is 18.6 Å². The minimum absolute atomic E-state index is 0.0813. The minimum Gasteiger partial charge on any atom is -0.299 e. The Balaban J connectivity index is 1.87. The first-order valence-electron chi connectivity index (χ1n) is 9.06. The zero-order valence-corrected chi connectivity index (χ0v) is 17.2. The average Bonchev–Trinajstić information content (AvgIpc) is 2.73. The van der Waals surface area contributed by atoms with Gasteiger partial charge in [0.15, 0.2) is 0 Å². The molecule has 0 N–H and O–H groups in total. The first-order valence-corrected chi connectivity index (χ1v) is 9.85. The number of ketones is 1. The average molecular weight is 473 g/mol. The van der Waals surface area contributed by atoms with Gasteiger partial charge in [-0.15, -0.1) is 0 Å². The molecule has 0 saturated heterocycles. The number of benzene rings is 2. The van der Waals surface area contributed by atoms with E-state index in [1.54, 1.807) is 42.6 Å². The highest BCUT2D eigenvalue weighted by Gasteiger charge is 2.31. The van der Waals surface area contributed by atoms with Crippen LogP contribution in [0.2, 0.25) is 0 Å². The molecule has 0 aliphatic heterocycles. The summed E-state index contributed by atoms with van der Waals surface area (Å²) in [6.07, 6.45) is -2.60. The van der Waals surface area contributed by atoms with Crippen molar-refractivity contribution in [1.82, 2.24) is 4.98 Å². The number of carbonyl (C=O) groups is 1. The quantitative estimate of drug-likeness (QED) is 0.437. The van der Waals surface area contributed by atoms with Crippen LogP contribution in [0.3, 0.4) is 0 Å². The molecular formula is C23H16BrF3N2O. The Kier molecular flexibility index (Phi) is 6.68.